The van der Waals surface area contributed by atoms with Crippen LogP contribution in [0.5, 0.6) is 5.88 Å². The number of nitrogens with zero attached hydrogens (tertiary/aromatic N) is 2. The topological polar surface area (TPSA) is 93.9 Å². The van der Waals surface area contributed by atoms with Crippen LogP contribution < -0.4 is 10.5 Å². The van der Waals surface area contributed by atoms with Gasteiger partial charge in [-0.05, 0) is 24.6 Å². The summed E-state index contributed by atoms with van der Waals surface area (Å²) in [5.74, 6) is 0.660. The highest BCUT2D eigenvalue weighted by atomic mass is 16.5. The van der Waals surface area contributed by atoms with Crippen molar-refractivity contribution in [1.29, 1.82) is 0 Å². The summed E-state index contributed by atoms with van der Waals surface area (Å²) < 4.78 is 5.34. The molecule has 3 N–H and O–H groups in total. The smallest absolute Gasteiger partial charge is 0.248 e. The Labute approximate surface area is 121 Å². The summed E-state index contributed by atoms with van der Waals surface area (Å²) in [4.78, 5) is 23.1. The van der Waals surface area contributed by atoms with Gasteiger partial charge in [0.1, 0.15) is 11.5 Å². The number of fused-ring (bicyclic) bond motifs is 1. The number of amides is 1. The maximum Gasteiger partial charge on any atom is 0.248 e. The standard InChI is InChI=1S/C15H14N4O2/c1-8-18-14-12(15(19-8)21-2)11(7-17-14)9-4-3-5-10(6-9)13(16)20/h3-7H,1-2H3,(H2,16,20)(H,17,18,19). The van der Waals surface area contributed by atoms with Gasteiger partial charge in [-0.1, -0.05) is 12.1 Å². The van der Waals surface area contributed by atoms with Gasteiger partial charge in [0.05, 0.1) is 12.5 Å². The van der Waals surface area contributed by atoms with Crippen molar-refractivity contribution in [3.63, 3.8) is 0 Å². The number of aromatic nitrogens is 3. The molecular formula is C15H14N4O2. The highest BCUT2D eigenvalue weighted by molar-refractivity contribution is 5.99. The second kappa shape index (κ2) is 4.90. The molecule has 1 aromatic carbocycles. The number of ether oxygens (including phenoxy) is 1. The lowest BCUT2D eigenvalue weighted by Gasteiger charge is -2.05. The summed E-state index contributed by atoms with van der Waals surface area (Å²) in [6.45, 7) is 1.80. The molecule has 0 saturated carbocycles. The molecule has 0 aliphatic carbocycles. The van der Waals surface area contributed by atoms with E-state index in [0.717, 1.165) is 16.5 Å². The normalized spacial score (nSPS) is 10.8. The molecule has 0 saturated heterocycles. The molecule has 0 unspecified atom stereocenters. The van der Waals surface area contributed by atoms with E-state index in [1.54, 1.807) is 32.2 Å². The number of nitrogens with two attached hydrogens (primary N) is 1. The van der Waals surface area contributed by atoms with Gasteiger partial charge in [0.25, 0.3) is 0 Å². The van der Waals surface area contributed by atoms with Crippen LogP contribution in [0.1, 0.15) is 16.2 Å². The first kappa shape index (κ1) is 13.1. The van der Waals surface area contributed by atoms with Crippen molar-refractivity contribution in [3.8, 4) is 17.0 Å². The quantitative estimate of drug-likeness (QED) is 0.768. The number of hydrogen-bond acceptors (Lipinski definition) is 4. The minimum Gasteiger partial charge on any atom is -0.480 e. The fourth-order valence-corrected chi connectivity index (χ4v) is 2.32. The molecule has 2 heterocycles. The first-order chi connectivity index (χ1) is 10.1. The van der Waals surface area contributed by atoms with Crippen molar-refractivity contribution < 1.29 is 9.53 Å². The molecule has 0 radical (unpaired) electrons. The third-order valence-corrected chi connectivity index (χ3v) is 3.26. The predicted molar refractivity (Wildman–Crippen MR) is 79.1 cm³/mol. The van der Waals surface area contributed by atoms with Gasteiger partial charge in [-0.15, -0.1) is 0 Å². The van der Waals surface area contributed by atoms with Gasteiger partial charge in [-0.3, -0.25) is 4.79 Å². The summed E-state index contributed by atoms with van der Waals surface area (Å²) in [5, 5.41) is 0.782. The van der Waals surface area contributed by atoms with E-state index in [-0.39, 0.29) is 0 Å². The zero-order valence-corrected chi connectivity index (χ0v) is 11.7. The Morgan fingerprint density at radius 2 is 2.14 bits per heavy atom. The van der Waals surface area contributed by atoms with E-state index in [2.05, 4.69) is 15.0 Å². The van der Waals surface area contributed by atoms with E-state index in [1.165, 1.54) is 0 Å². The third-order valence-electron chi connectivity index (χ3n) is 3.26. The summed E-state index contributed by atoms with van der Waals surface area (Å²) in [6, 6.07) is 7.10. The number of carbonyl (C=O) groups is 1. The second-order valence-corrected chi connectivity index (χ2v) is 4.65. The fourth-order valence-electron chi connectivity index (χ4n) is 2.32. The van der Waals surface area contributed by atoms with Crippen molar-refractivity contribution >= 4 is 16.9 Å². The monoisotopic (exact) mass is 282 g/mol. The highest BCUT2D eigenvalue weighted by Crippen LogP contribution is 2.33. The Morgan fingerprint density at radius 1 is 1.33 bits per heavy atom. The molecule has 0 fully saturated rings. The zero-order chi connectivity index (χ0) is 15.0. The number of aromatic amines is 1. The number of H-pyrrole nitrogens is 1. The Morgan fingerprint density at radius 3 is 2.86 bits per heavy atom. The van der Waals surface area contributed by atoms with Gasteiger partial charge in [0.2, 0.25) is 11.8 Å². The minimum absolute atomic E-state index is 0.453. The summed E-state index contributed by atoms with van der Waals surface area (Å²) in [6.07, 6.45) is 1.82. The van der Waals surface area contributed by atoms with Gasteiger partial charge in [-0.25, -0.2) is 4.98 Å². The number of hydrogen-bond donors (Lipinski definition) is 2. The van der Waals surface area contributed by atoms with Crippen LogP contribution in [0.2, 0.25) is 0 Å². The van der Waals surface area contributed by atoms with Crippen LogP contribution >= 0.6 is 0 Å². The molecule has 6 heteroatoms. The van der Waals surface area contributed by atoms with Crippen molar-refractivity contribution in [2.24, 2.45) is 5.73 Å². The van der Waals surface area contributed by atoms with E-state index in [0.29, 0.717) is 22.9 Å². The Balaban J connectivity index is 2.26. The van der Waals surface area contributed by atoms with Crippen LogP contribution in [0.25, 0.3) is 22.2 Å². The van der Waals surface area contributed by atoms with Crippen molar-refractivity contribution in [2.75, 3.05) is 7.11 Å². The lowest BCUT2D eigenvalue weighted by molar-refractivity contribution is 0.100. The summed E-state index contributed by atoms with van der Waals surface area (Å²) in [7, 11) is 1.57. The second-order valence-electron chi connectivity index (χ2n) is 4.65. The number of primary amides is 1. The number of rotatable bonds is 3. The number of nitrogens with one attached hydrogen (secondary N) is 1. The average molecular weight is 282 g/mol. The Hall–Kier alpha value is -2.89. The number of benzene rings is 1. The molecule has 21 heavy (non-hydrogen) atoms. The van der Waals surface area contributed by atoms with E-state index >= 15 is 0 Å². The molecule has 106 valence electrons. The lowest BCUT2D eigenvalue weighted by atomic mass is 10.0. The van der Waals surface area contributed by atoms with Crippen molar-refractivity contribution in [2.45, 2.75) is 6.92 Å². The van der Waals surface area contributed by atoms with Crippen LogP contribution in [0.3, 0.4) is 0 Å². The molecular weight excluding hydrogens is 268 g/mol. The number of aryl methyl sites for hydroxylation is 1. The molecule has 3 aromatic rings. The van der Waals surface area contributed by atoms with E-state index in [4.69, 9.17) is 10.5 Å². The van der Waals surface area contributed by atoms with Crippen molar-refractivity contribution in [1.82, 2.24) is 15.0 Å². The fraction of sp³-hybridized carbons (Fsp3) is 0.133. The molecule has 0 aliphatic heterocycles. The van der Waals surface area contributed by atoms with Gasteiger partial charge >= 0.3 is 0 Å². The van der Waals surface area contributed by atoms with Crippen molar-refractivity contribution in [3.05, 3.63) is 41.9 Å². The van der Waals surface area contributed by atoms with Crippen LogP contribution in [0, 0.1) is 6.92 Å². The SMILES string of the molecule is COc1nc(C)nc2[nH]cc(-c3cccc(C(N)=O)c3)c12. The largest absolute Gasteiger partial charge is 0.480 e. The zero-order valence-electron chi connectivity index (χ0n) is 11.7. The van der Waals surface area contributed by atoms with Crippen LogP contribution in [-0.4, -0.2) is 28.0 Å². The third kappa shape index (κ3) is 2.20. The molecule has 0 spiro atoms. The molecule has 0 atom stereocenters. The molecule has 0 bridgehead atoms. The van der Waals surface area contributed by atoms with Gasteiger partial charge in [-0.2, -0.15) is 4.98 Å². The van der Waals surface area contributed by atoms with Crippen LogP contribution in [0.4, 0.5) is 0 Å². The molecule has 2 aromatic heterocycles. The van der Waals surface area contributed by atoms with E-state index in [1.807, 2.05) is 12.3 Å². The highest BCUT2D eigenvalue weighted by Gasteiger charge is 2.15. The summed E-state index contributed by atoms with van der Waals surface area (Å²) >= 11 is 0. The Kier molecular flexibility index (Phi) is 3.06. The molecule has 6 nitrogen and oxygen atoms in total. The van der Waals surface area contributed by atoms with Crippen LogP contribution in [0.15, 0.2) is 30.5 Å². The predicted octanol–water partition coefficient (Wildman–Crippen LogP) is 2.04. The lowest BCUT2D eigenvalue weighted by Crippen LogP contribution is -2.10. The maximum absolute atomic E-state index is 11.3. The number of methoxy groups -OCH3 is 1. The van der Waals surface area contributed by atoms with E-state index in [9.17, 15) is 4.79 Å². The van der Waals surface area contributed by atoms with Gasteiger partial charge in [0.15, 0.2) is 0 Å². The van der Waals surface area contributed by atoms with Crippen LogP contribution in [-0.2, 0) is 0 Å². The average Bonchev–Trinajstić information content (AvgIpc) is 2.90. The molecule has 0 aliphatic rings. The first-order valence-electron chi connectivity index (χ1n) is 6.40. The molecule has 1 amide bonds. The Bertz CT molecular complexity index is 839. The minimum atomic E-state index is -0.462. The van der Waals surface area contributed by atoms with Gasteiger partial charge in [0, 0.05) is 17.3 Å². The van der Waals surface area contributed by atoms with E-state index < -0.39 is 5.91 Å². The maximum atomic E-state index is 11.3. The summed E-state index contributed by atoms with van der Waals surface area (Å²) in [5.41, 5.74) is 8.19. The molecule has 3 rings (SSSR count). The van der Waals surface area contributed by atoms with Gasteiger partial charge < -0.3 is 15.5 Å². The first-order valence-corrected chi connectivity index (χ1v) is 6.40. The number of carbonyl (C=O) groups excluding carboxylic acids is 1.